The van der Waals surface area contributed by atoms with Crippen molar-refractivity contribution in [3.8, 4) is 11.7 Å². The number of aromatic nitrogens is 6. The summed E-state index contributed by atoms with van der Waals surface area (Å²) in [6.45, 7) is 1.93. The van der Waals surface area contributed by atoms with Crippen LogP contribution in [0.15, 0.2) is 16.8 Å². The van der Waals surface area contributed by atoms with Gasteiger partial charge in [0.1, 0.15) is 0 Å². The monoisotopic (exact) mass is 285 g/mol. The second kappa shape index (κ2) is 4.32. The van der Waals surface area contributed by atoms with Crippen molar-refractivity contribution in [1.82, 2.24) is 29.7 Å². The van der Waals surface area contributed by atoms with Crippen LogP contribution in [0.1, 0.15) is 37.2 Å². The molecule has 0 spiro atoms. The van der Waals surface area contributed by atoms with Gasteiger partial charge in [-0.1, -0.05) is 18.0 Å². The predicted molar refractivity (Wildman–Crippen MR) is 73.1 cm³/mol. The molecule has 3 heterocycles. The van der Waals surface area contributed by atoms with Gasteiger partial charge in [-0.15, -0.1) is 5.10 Å². The molecule has 1 aliphatic carbocycles. The molecule has 4 rings (SSSR count). The molecule has 1 saturated carbocycles. The molecule has 0 unspecified atom stereocenters. The van der Waals surface area contributed by atoms with Crippen LogP contribution in [0.25, 0.3) is 17.5 Å². The molecule has 0 aromatic carbocycles. The quantitative estimate of drug-likeness (QED) is 0.753. The standard InChI is InChI=1S/C13H15N7O/c1-8-4-7-15-12-16-9(18-20(8)12)10-17-11(19-21-10)13(14)5-2-3-6-13/h4,7H,2-3,5-6,14H2,1H3. The lowest BCUT2D eigenvalue weighted by Crippen LogP contribution is -2.34. The topological polar surface area (TPSA) is 108 Å². The van der Waals surface area contributed by atoms with Crippen molar-refractivity contribution in [1.29, 1.82) is 0 Å². The number of rotatable bonds is 2. The molecule has 8 heteroatoms. The van der Waals surface area contributed by atoms with Crippen LogP contribution in [0.3, 0.4) is 0 Å². The van der Waals surface area contributed by atoms with Crippen molar-refractivity contribution in [2.75, 3.05) is 0 Å². The van der Waals surface area contributed by atoms with E-state index in [1.807, 2.05) is 13.0 Å². The average molecular weight is 285 g/mol. The lowest BCUT2D eigenvalue weighted by Gasteiger charge is -2.17. The first-order valence-corrected chi connectivity index (χ1v) is 6.98. The fourth-order valence-electron chi connectivity index (χ4n) is 2.74. The third-order valence-electron chi connectivity index (χ3n) is 3.99. The smallest absolute Gasteiger partial charge is 0.297 e. The van der Waals surface area contributed by atoms with Gasteiger partial charge < -0.3 is 10.3 Å². The van der Waals surface area contributed by atoms with Crippen molar-refractivity contribution in [3.05, 3.63) is 23.8 Å². The molecule has 0 aliphatic heterocycles. The Balaban J connectivity index is 1.75. The molecule has 0 saturated heterocycles. The molecule has 108 valence electrons. The van der Waals surface area contributed by atoms with E-state index in [9.17, 15) is 0 Å². The summed E-state index contributed by atoms with van der Waals surface area (Å²) in [4.78, 5) is 12.9. The second-order valence-electron chi connectivity index (χ2n) is 5.52. The summed E-state index contributed by atoms with van der Waals surface area (Å²) < 4.78 is 6.94. The first-order valence-electron chi connectivity index (χ1n) is 6.98. The first-order chi connectivity index (χ1) is 10.2. The molecule has 2 N–H and O–H groups in total. The van der Waals surface area contributed by atoms with Crippen molar-refractivity contribution in [2.45, 2.75) is 38.1 Å². The van der Waals surface area contributed by atoms with Gasteiger partial charge >= 0.3 is 0 Å². The summed E-state index contributed by atoms with van der Waals surface area (Å²) >= 11 is 0. The molecular weight excluding hydrogens is 270 g/mol. The van der Waals surface area contributed by atoms with E-state index in [0.29, 0.717) is 17.4 Å². The maximum absolute atomic E-state index is 6.33. The highest BCUT2D eigenvalue weighted by atomic mass is 16.5. The van der Waals surface area contributed by atoms with E-state index in [4.69, 9.17) is 10.3 Å². The molecule has 0 atom stereocenters. The van der Waals surface area contributed by atoms with Crippen molar-refractivity contribution < 1.29 is 4.52 Å². The molecule has 8 nitrogen and oxygen atoms in total. The van der Waals surface area contributed by atoms with E-state index in [1.165, 1.54) is 0 Å². The average Bonchev–Trinajstić information content (AvgIpc) is 3.17. The van der Waals surface area contributed by atoms with Crippen LogP contribution < -0.4 is 5.73 Å². The van der Waals surface area contributed by atoms with Crippen LogP contribution in [0, 0.1) is 6.92 Å². The van der Waals surface area contributed by atoms with Gasteiger partial charge in [0, 0.05) is 11.9 Å². The number of aryl methyl sites for hydroxylation is 1. The summed E-state index contributed by atoms with van der Waals surface area (Å²) in [7, 11) is 0. The largest absolute Gasteiger partial charge is 0.330 e. The predicted octanol–water partition coefficient (Wildman–Crippen LogP) is 1.21. The fraction of sp³-hybridized carbons (Fsp3) is 0.462. The number of nitrogens with zero attached hydrogens (tertiary/aromatic N) is 6. The van der Waals surface area contributed by atoms with Gasteiger partial charge in [-0.2, -0.15) is 9.97 Å². The number of hydrogen-bond donors (Lipinski definition) is 1. The first kappa shape index (κ1) is 12.4. The molecule has 21 heavy (non-hydrogen) atoms. The zero-order chi connectivity index (χ0) is 14.4. The molecule has 3 aromatic rings. The maximum atomic E-state index is 6.33. The van der Waals surface area contributed by atoms with E-state index < -0.39 is 5.54 Å². The van der Waals surface area contributed by atoms with Crippen LogP contribution in [-0.4, -0.2) is 29.7 Å². The summed E-state index contributed by atoms with van der Waals surface area (Å²) in [5, 5.41) is 8.37. The third-order valence-corrected chi connectivity index (χ3v) is 3.99. The Morgan fingerprint density at radius 3 is 2.86 bits per heavy atom. The van der Waals surface area contributed by atoms with Crippen LogP contribution in [0.2, 0.25) is 0 Å². The normalized spacial score (nSPS) is 17.6. The zero-order valence-corrected chi connectivity index (χ0v) is 11.7. The van der Waals surface area contributed by atoms with Crippen LogP contribution in [0.4, 0.5) is 0 Å². The molecule has 3 aromatic heterocycles. The third kappa shape index (κ3) is 1.90. The molecule has 1 fully saturated rings. The van der Waals surface area contributed by atoms with Gasteiger partial charge in [-0.3, -0.25) is 0 Å². The van der Waals surface area contributed by atoms with E-state index in [2.05, 4.69) is 25.2 Å². The number of nitrogens with two attached hydrogens (primary N) is 1. The van der Waals surface area contributed by atoms with Gasteiger partial charge in [0.25, 0.3) is 11.7 Å². The highest BCUT2D eigenvalue weighted by Crippen LogP contribution is 2.35. The summed E-state index contributed by atoms with van der Waals surface area (Å²) in [5.74, 6) is 1.70. The minimum atomic E-state index is -0.477. The Hall–Kier alpha value is -2.35. The van der Waals surface area contributed by atoms with Gasteiger partial charge in [0.05, 0.1) is 5.54 Å². The van der Waals surface area contributed by atoms with E-state index in [-0.39, 0.29) is 5.89 Å². The Bertz CT molecular complexity index is 800. The molecular formula is C13H15N7O. The summed E-state index contributed by atoms with van der Waals surface area (Å²) in [6, 6.07) is 1.86. The molecule has 1 aliphatic rings. The fourth-order valence-corrected chi connectivity index (χ4v) is 2.74. The second-order valence-corrected chi connectivity index (χ2v) is 5.52. The number of fused-ring (bicyclic) bond motifs is 1. The Labute approximate surface area is 120 Å². The summed E-state index contributed by atoms with van der Waals surface area (Å²) in [6.07, 6.45) is 5.64. The molecule has 0 amide bonds. The minimum absolute atomic E-state index is 0.284. The maximum Gasteiger partial charge on any atom is 0.297 e. The lowest BCUT2D eigenvalue weighted by atomic mass is 9.99. The minimum Gasteiger partial charge on any atom is -0.330 e. The lowest BCUT2D eigenvalue weighted by molar-refractivity contribution is 0.372. The number of hydrogen-bond acceptors (Lipinski definition) is 7. The van der Waals surface area contributed by atoms with Crippen molar-refractivity contribution in [3.63, 3.8) is 0 Å². The Kier molecular flexibility index (Phi) is 2.55. The highest BCUT2D eigenvalue weighted by Gasteiger charge is 2.36. The van der Waals surface area contributed by atoms with Gasteiger partial charge in [-0.25, -0.2) is 9.50 Å². The molecule has 0 bridgehead atoms. The van der Waals surface area contributed by atoms with Gasteiger partial charge in [0.2, 0.25) is 5.82 Å². The Morgan fingerprint density at radius 2 is 2.10 bits per heavy atom. The van der Waals surface area contributed by atoms with Crippen molar-refractivity contribution in [2.24, 2.45) is 5.73 Å². The summed E-state index contributed by atoms with van der Waals surface area (Å²) in [5.41, 5.74) is 6.79. The van der Waals surface area contributed by atoms with E-state index in [1.54, 1.807) is 10.7 Å². The SMILES string of the molecule is Cc1ccnc2nc(-c3nc(C4(N)CCCC4)no3)nn12. The van der Waals surface area contributed by atoms with Crippen molar-refractivity contribution >= 4 is 5.78 Å². The van der Waals surface area contributed by atoms with Gasteiger partial charge in [0.15, 0.2) is 5.82 Å². The van der Waals surface area contributed by atoms with Crippen LogP contribution >= 0.6 is 0 Å². The van der Waals surface area contributed by atoms with Gasteiger partial charge in [-0.05, 0) is 25.8 Å². The van der Waals surface area contributed by atoms with Crippen LogP contribution in [-0.2, 0) is 5.54 Å². The van der Waals surface area contributed by atoms with Crippen LogP contribution in [0.5, 0.6) is 0 Å². The Morgan fingerprint density at radius 1 is 1.29 bits per heavy atom. The molecule has 0 radical (unpaired) electrons. The zero-order valence-electron chi connectivity index (χ0n) is 11.7. The highest BCUT2D eigenvalue weighted by molar-refractivity contribution is 5.45. The van der Waals surface area contributed by atoms with E-state index >= 15 is 0 Å². The van der Waals surface area contributed by atoms with E-state index in [0.717, 1.165) is 31.4 Å².